The van der Waals surface area contributed by atoms with Crippen LogP contribution in [0.2, 0.25) is 0 Å². The van der Waals surface area contributed by atoms with E-state index in [0.717, 1.165) is 5.56 Å². The monoisotopic (exact) mass is 414 g/mol. The number of hydrogen-bond donors (Lipinski definition) is 1. The predicted octanol–water partition coefficient (Wildman–Crippen LogP) is 4.14. The van der Waals surface area contributed by atoms with Crippen molar-refractivity contribution in [2.75, 3.05) is 0 Å². The number of aromatic amines is 1. The highest BCUT2D eigenvalue weighted by molar-refractivity contribution is 7.17. The van der Waals surface area contributed by atoms with Crippen LogP contribution in [0.3, 0.4) is 0 Å². The summed E-state index contributed by atoms with van der Waals surface area (Å²) in [6.45, 7) is 4.57. The maximum atomic E-state index is 13.1. The van der Waals surface area contributed by atoms with Crippen LogP contribution in [0, 0.1) is 11.3 Å². The van der Waals surface area contributed by atoms with Gasteiger partial charge in [0, 0.05) is 22.0 Å². The second-order valence-electron chi connectivity index (χ2n) is 7.49. The summed E-state index contributed by atoms with van der Waals surface area (Å²) in [6, 6.07) is 10.5. The summed E-state index contributed by atoms with van der Waals surface area (Å²) in [6.07, 6.45) is 5.10. The van der Waals surface area contributed by atoms with Gasteiger partial charge in [0.2, 0.25) is 0 Å². The minimum atomic E-state index is -0.216. The van der Waals surface area contributed by atoms with Crippen LogP contribution < -0.4 is 5.56 Å². The van der Waals surface area contributed by atoms with E-state index < -0.39 is 0 Å². The van der Waals surface area contributed by atoms with Crippen LogP contribution in [0.15, 0.2) is 53.0 Å². The van der Waals surface area contributed by atoms with E-state index in [2.05, 4.69) is 50.9 Å². The quantitative estimate of drug-likeness (QED) is 0.478. The van der Waals surface area contributed by atoms with E-state index in [-0.39, 0.29) is 11.5 Å². The largest absolute Gasteiger partial charge is 0.338 e. The number of aromatic nitrogens is 5. The zero-order chi connectivity index (χ0) is 20.8. The molecule has 0 saturated carbocycles. The number of nitrogens with zero attached hydrogens (tertiary/aromatic N) is 5. The number of nitrogens with one attached hydrogen (secondary N) is 1. The number of fused-ring (bicyclic) bond motifs is 2. The van der Waals surface area contributed by atoms with E-state index in [1.165, 1.54) is 26.4 Å². The third kappa shape index (κ3) is 2.83. The molecule has 0 atom stereocenters. The molecule has 1 N–H and O–H groups in total. The molecule has 4 aromatic heterocycles. The number of hydrogen-bond acceptors (Lipinski definition) is 5. The summed E-state index contributed by atoms with van der Waals surface area (Å²) < 4.78 is 4.39. The first-order valence-electron chi connectivity index (χ1n) is 9.58. The summed E-state index contributed by atoms with van der Waals surface area (Å²) in [5, 5.41) is 21.3. The lowest BCUT2D eigenvalue weighted by atomic mass is 10.00. The third-order valence-electron chi connectivity index (χ3n) is 5.22. The average Bonchev–Trinajstić information content (AvgIpc) is 3.47. The Bertz CT molecular complexity index is 1490. The summed E-state index contributed by atoms with van der Waals surface area (Å²) in [5.41, 5.74) is 3.83. The normalized spacial score (nSPS) is 11.5. The zero-order valence-electron chi connectivity index (χ0n) is 16.5. The van der Waals surface area contributed by atoms with Gasteiger partial charge < -0.3 is 4.98 Å². The van der Waals surface area contributed by atoms with Crippen molar-refractivity contribution in [3.05, 3.63) is 75.3 Å². The van der Waals surface area contributed by atoms with Crippen molar-refractivity contribution in [1.82, 2.24) is 24.4 Å². The molecule has 4 heterocycles. The van der Waals surface area contributed by atoms with Crippen molar-refractivity contribution < 1.29 is 0 Å². The summed E-state index contributed by atoms with van der Waals surface area (Å²) in [5.74, 6) is -0.0221. The Labute approximate surface area is 175 Å². The molecule has 30 heavy (non-hydrogen) atoms. The van der Waals surface area contributed by atoms with Crippen molar-refractivity contribution in [2.45, 2.75) is 26.3 Å². The molecule has 0 spiro atoms. The molecule has 5 aromatic rings. The Kier molecular flexibility index (Phi) is 4.26. The van der Waals surface area contributed by atoms with Crippen molar-refractivity contribution in [1.29, 1.82) is 5.26 Å². The minimum absolute atomic E-state index is 0.0221. The van der Waals surface area contributed by atoms with E-state index in [0.29, 0.717) is 29.0 Å². The first-order chi connectivity index (χ1) is 14.6. The molecule has 5 rings (SSSR count). The second-order valence-corrected chi connectivity index (χ2v) is 8.40. The van der Waals surface area contributed by atoms with Gasteiger partial charge in [0.25, 0.3) is 5.56 Å². The standard InChI is InChI=1S/C22H18N6OS/c1-13(2)18-19(26-21-16(8-23)9-25-28(21)22(18)29)17-10-24-27(12-17)11-15-5-3-4-14-6-7-30-20(14)15/h3-7,9-10,12-13,26H,11H2,1-2H3. The fourth-order valence-corrected chi connectivity index (χ4v) is 4.71. The molecular formula is C22H18N6OS. The van der Waals surface area contributed by atoms with E-state index in [1.54, 1.807) is 17.5 Å². The molecule has 0 saturated heterocycles. The van der Waals surface area contributed by atoms with Crippen LogP contribution >= 0.6 is 11.3 Å². The molecule has 7 nitrogen and oxygen atoms in total. The van der Waals surface area contributed by atoms with Gasteiger partial charge in [-0.05, 0) is 28.3 Å². The highest BCUT2D eigenvalue weighted by Crippen LogP contribution is 2.28. The predicted molar refractivity (Wildman–Crippen MR) is 117 cm³/mol. The van der Waals surface area contributed by atoms with Crippen molar-refractivity contribution >= 4 is 27.1 Å². The van der Waals surface area contributed by atoms with Crippen molar-refractivity contribution in [3.63, 3.8) is 0 Å². The maximum Gasteiger partial charge on any atom is 0.278 e. The Balaban J connectivity index is 1.62. The number of rotatable bonds is 4. The molecule has 148 valence electrons. The maximum absolute atomic E-state index is 13.1. The Morgan fingerprint density at radius 3 is 2.90 bits per heavy atom. The molecule has 0 aliphatic carbocycles. The smallest absolute Gasteiger partial charge is 0.278 e. The summed E-state index contributed by atoms with van der Waals surface area (Å²) >= 11 is 1.72. The van der Waals surface area contributed by atoms with E-state index >= 15 is 0 Å². The minimum Gasteiger partial charge on any atom is -0.338 e. The van der Waals surface area contributed by atoms with Crippen LogP contribution in [-0.4, -0.2) is 24.4 Å². The van der Waals surface area contributed by atoms with E-state index in [9.17, 15) is 10.1 Å². The fourth-order valence-electron chi connectivity index (χ4n) is 3.81. The highest BCUT2D eigenvalue weighted by Gasteiger charge is 2.20. The van der Waals surface area contributed by atoms with Gasteiger partial charge in [-0.3, -0.25) is 9.48 Å². The SMILES string of the molecule is CC(C)c1c(-c2cnn(Cc3cccc4ccsc34)c2)[nH]c2c(C#N)cnn2c1=O. The molecule has 0 bridgehead atoms. The molecular weight excluding hydrogens is 396 g/mol. The van der Waals surface area contributed by atoms with Gasteiger partial charge in [0.15, 0.2) is 5.65 Å². The number of thiophene rings is 1. The molecule has 8 heteroatoms. The summed E-state index contributed by atoms with van der Waals surface area (Å²) in [7, 11) is 0. The highest BCUT2D eigenvalue weighted by atomic mass is 32.1. The third-order valence-corrected chi connectivity index (χ3v) is 6.22. The lowest BCUT2D eigenvalue weighted by molar-refractivity contribution is 0.691. The average molecular weight is 414 g/mol. The van der Waals surface area contributed by atoms with Crippen molar-refractivity contribution in [2.24, 2.45) is 0 Å². The molecule has 0 radical (unpaired) electrons. The fraction of sp³-hybridized carbons (Fsp3) is 0.182. The topological polar surface area (TPSA) is 91.8 Å². The molecule has 0 aliphatic heterocycles. The Morgan fingerprint density at radius 1 is 1.23 bits per heavy atom. The molecule has 0 aliphatic rings. The Morgan fingerprint density at radius 2 is 2.10 bits per heavy atom. The van der Waals surface area contributed by atoms with E-state index in [1.807, 2.05) is 24.7 Å². The van der Waals surface area contributed by atoms with Gasteiger partial charge >= 0.3 is 0 Å². The van der Waals surface area contributed by atoms with Gasteiger partial charge in [-0.2, -0.15) is 20.0 Å². The van der Waals surface area contributed by atoms with Crippen LogP contribution in [0.25, 0.3) is 27.0 Å². The van der Waals surface area contributed by atoms with Crippen LogP contribution in [0.5, 0.6) is 0 Å². The molecule has 0 fully saturated rings. The molecule has 0 unspecified atom stereocenters. The first-order valence-corrected chi connectivity index (χ1v) is 10.5. The van der Waals surface area contributed by atoms with Crippen LogP contribution in [-0.2, 0) is 6.54 Å². The van der Waals surface area contributed by atoms with E-state index in [4.69, 9.17) is 0 Å². The zero-order valence-corrected chi connectivity index (χ0v) is 17.3. The number of H-pyrrole nitrogens is 1. The number of benzene rings is 1. The lowest BCUT2D eigenvalue weighted by Gasteiger charge is -2.11. The molecule has 0 amide bonds. The van der Waals surface area contributed by atoms with Crippen LogP contribution in [0.1, 0.15) is 36.5 Å². The van der Waals surface area contributed by atoms with Crippen LogP contribution in [0.4, 0.5) is 0 Å². The van der Waals surface area contributed by atoms with Gasteiger partial charge in [0.1, 0.15) is 11.6 Å². The molecule has 1 aromatic carbocycles. The van der Waals surface area contributed by atoms with Gasteiger partial charge in [-0.25, -0.2) is 0 Å². The van der Waals surface area contributed by atoms with Gasteiger partial charge in [0.05, 0.1) is 24.6 Å². The van der Waals surface area contributed by atoms with Gasteiger partial charge in [-0.1, -0.05) is 32.0 Å². The second kappa shape index (κ2) is 6.97. The lowest BCUT2D eigenvalue weighted by Crippen LogP contribution is -2.22. The van der Waals surface area contributed by atoms with Crippen molar-refractivity contribution in [3.8, 4) is 17.3 Å². The number of nitriles is 1. The Hall–Kier alpha value is -3.70. The van der Waals surface area contributed by atoms with Gasteiger partial charge in [-0.15, -0.1) is 11.3 Å². The first kappa shape index (κ1) is 18.3. The summed E-state index contributed by atoms with van der Waals surface area (Å²) in [4.78, 5) is 16.3.